The number of aryl methyl sites for hydroxylation is 1. The summed E-state index contributed by atoms with van der Waals surface area (Å²) in [5, 5.41) is 13.4. The summed E-state index contributed by atoms with van der Waals surface area (Å²) >= 11 is 2.95. The Kier molecular flexibility index (Phi) is 9.35. The fourth-order valence-electron chi connectivity index (χ4n) is 4.86. The summed E-state index contributed by atoms with van der Waals surface area (Å²) in [5.74, 6) is 6.38. The number of hydrogen-bond donors (Lipinski definition) is 1. The van der Waals surface area contributed by atoms with Gasteiger partial charge in [0, 0.05) is 22.9 Å². The van der Waals surface area contributed by atoms with Crippen LogP contribution in [0.2, 0.25) is 0 Å². The van der Waals surface area contributed by atoms with Gasteiger partial charge in [0.1, 0.15) is 0 Å². The van der Waals surface area contributed by atoms with Crippen molar-refractivity contribution in [3.8, 4) is 17.6 Å². The van der Waals surface area contributed by atoms with E-state index in [1.165, 1.54) is 24.5 Å². The van der Waals surface area contributed by atoms with Crippen LogP contribution >= 0.6 is 22.7 Å². The molecule has 1 N–H and O–H groups in total. The Hall–Kier alpha value is -4.64. The van der Waals surface area contributed by atoms with Gasteiger partial charge in [0.05, 0.1) is 30.5 Å². The molecule has 0 amide bonds. The average Bonchev–Trinajstić information content (AvgIpc) is 3.49. The Morgan fingerprint density at radius 1 is 1.09 bits per heavy atom. The second kappa shape index (κ2) is 13.6. The molecule has 0 unspecified atom stereocenters. The second-order valence-electron chi connectivity index (χ2n) is 11.8. The van der Waals surface area contributed by atoms with E-state index in [0.29, 0.717) is 41.9 Å². The largest absolute Gasteiger partial charge is 0.490 e. The van der Waals surface area contributed by atoms with Crippen molar-refractivity contribution in [3.05, 3.63) is 76.0 Å². The Balaban J connectivity index is 1.15. The number of thiazole rings is 2. The van der Waals surface area contributed by atoms with Crippen LogP contribution in [0.1, 0.15) is 39.3 Å². The van der Waals surface area contributed by atoms with Crippen molar-refractivity contribution >= 4 is 60.8 Å². The molecule has 5 aromatic rings. The molecular weight excluding hydrogens is 638 g/mol. The van der Waals surface area contributed by atoms with E-state index in [9.17, 15) is 9.18 Å². The summed E-state index contributed by atoms with van der Waals surface area (Å²) in [6, 6.07) is 14.6. The second-order valence-corrected chi connectivity index (χ2v) is 13.9. The van der Waals surface area contributed by atoms with Gasteiger partial charge < -0.3 is 19.7 Å². The third-order valence-electron chi connectivity index (χ3n) is 7.77. The SMILES string of the molecule is COC(=O)c1nc(N(C)c2cc(C)c(Nc3nc4ccccc4s3)nn2)sc1CC1(COc2ccc(C#CCN(C)C)cc2F)CC1. The number of esters is 1. The lowest BCUT2D eigenvalue weighted by molar-refractivity contribution is 0.0593. The third-order valence-corrected chi connectivity index (χ3v) is 9.86. The van der Waals surface area contributed by atoms with Gasteiger partial charge in [0.15, 0.2) is 39.2 Å². The van der Waals surface area contributed by atoms with Crippen LogP contribution in [0.25, 0.3) is 10.2 Å². The molecule has 1 saturated carbocycles. The summed E-state index contributed by atoms with van der Waals surface area (Å²) in [6.07, 6.45) is 2.33. The van der Waals surface area contributed by atoms with Crippen LogP contribution in [0, 0.1) is 30.0 Å². The molecule has 0 spiro atoms. The highest BCUT2D eigenvalue weighted by atomic mass is 32.1. The van der Waals surface area contributed by atoms with E-state index in [-0.39, 0.29) is 16.9 Å². The Labute approximate surface area is 280 Å². The van der Waals surface area contributed by atoms with Crippen molar-refractivity contribution in [2.45, 2.75) is 26.2 Å². The van der Waals surface area contributed by atoms with Gasteiger partial charge in [-0.2, -0.15) is 0 Å². The first-order valence-corrected chi connectivity index (χ1v) is 16.6. The van der Waals surface area contributed by atoms with Gasteiger partial charge in [-0.1, -0.05) is 35.3 Å². The summed E-state index contributed by atoms with van der Waals surface area (Å²) in [7, 11) is 7.03. The van der Waals surface area contributed by atoms with Crippen molar-refractivity contribution in [1.29, 1.82) is 0 Å². The van der Waals surface area contributed by atoms with Gasteiger partial charge in [-0.15, -0.1) is 21.5 Å². The molecule has 13 heteroatoms. The van der Waals surface area contributed by atoms with Gasteiger partial charge >= 0.3 is 5.97 Å². The number of fused-ring (bicyclic) bond motifs is 1. The first kappa shape index (κ1) is 32.3. The number of rotatable bonds is 11. The van der Waals surface area contributed by atoms with Crippen LogP contribution in [0.4, 0.5) is 26.3 Å². The quantitative estimate of drug-likeness (QED) is 0.122. The average molecular weight is 672 g/mol. The molecule has 3 heterocycles. The van der Waals surface area contributed by atoms with Gasteiger partial charge in [-0.3, -0.25) is 4.90 Å². The lowest BCUT2D eigenvalue weighted by Gasteiger charge is -2.17. The van der Waals surface area contributed by atoms with Crippen LogP contribution in [0.5, 0.6) is 5.75 Å². The molecule has 6 rings (SSSR count). The molecule has 0 saturated heterocycles. The lowest BCUT2D eigenvalue weighted by Crippen LogP contribution is -2.17. The number of benzene rings is 2. The number of halogens is 1. The monoisotopic (exact) mass is 671 g/mol. The van der Waals surface area contributed by atoms with Crippen molar-refractivity contribution in [3.63, 3.8) is 0 Å². The number of carbonyl (C=O) groups is 1. The zero-order valence-electron chi connectivity index (χ0n) is 26.8. The van der Waals surface area contributed by atoms with E-state index in [1.807, 2.05) is 63.3 Å². The number of methoxy groups -OCH3 is 1. The number of ether oxygens (including phenoxy) is 2. The first-order chi connectivity index (χ1) is 22.6. The molecule has 1 aliphatic rings. The molecule has 47 heavy (non-hydrogen) atoms. The van der Waals surface area contributed by atoms with E-state index in [1.54, 1.807) is 28.4 Å². The maximum Gasteiger partial charge on any atom is 0.357 e. The molecule has 10 nitrogen and oxygen atoms in total. The normalized spacial score (nSPS) is 13.3. The summed E-state index contributed by atoms with van der Waals surface area (Å²) in [5.41, 5.74) is 2.43. The maximum absolute atomic E-state index is 14.8. The predicted molar refractivity (Wildman–Crippen MR) is 184 cm³/mol. The fraction of sp³-hybridized carbons (Fsp3) is 0.324. The Morgan fingerprint density at radius 3 is 2.60 bits per heavy atom. The zero-order chi connectivity index (χ0) is 33.1. The van der Waals surface area contributed by atoms with Crippen molar-refractivity contribution < 1.29 is 18.7 Å². The highest BCUT2D eigenvalue weighted by Gasteiger charge is 2.45. The molecular formula is C34H34FN7O3S2. The van der Waals surface area contributed by atoms with E-state index >= 15 is 0 Å². The van der Waals surface area contributed by atoms with Crippen LogP contribution in [0.15, 0.2) is 48.5 Å². The van der Waals surface area contributed by atoms with Crippen molar-refractivity contribution in [2.24, 2.45) is 5.41 Å². The third kappa shape index (κ3) is 7.51. The molecule has 1 aliphatic carbocycles. The number of aromatic nitrogens is 4. The highest BCUT2D eigenvalue weighted by molar-refractivity contribution is 7.22. The molecule has 0 bridgehead atoms. The maximum atomic E-state index is 14.8. The van der Waals surface area contributed by atoms with E-state index in [2.05, 4.69) is 37.3 Å². The van der Waals surface area contributed by atoms with Crippen molar-refractivity contribution in [1.82, 2.24) is 25.1 Å². The Bertz CT molecular complexity index is 1960. The number of hydrogen-bond acceptors (Lipinski definition) is 12. The predicted octanol–water partition coefficient (Wildman–Crippen LogP) is 6.60. The Morgan fingerprint density at radius 2 is 1.89 bits per heavy atom. The number of carbonyl (C=O) groups excluding carboxylic acids is 1. The van der Waals surface area contributed by atoms with E-state index in [4.69, 9.17) is 9.47 Å². The molecule has 0 atom stereocenters. The molecule has 0 radical (unpaired) electrons. The van der Waals surface area contributed by atoms with Crippen molar-refractivity contribution in [2.75, 3.05) is 51.6 Å². The highest BCUT2D eigenvalue weighted by Crippen LogP contribution is 2.50. The van der Waals surface area contributed by atoms with E-state index < -0.39 is 11.8 Å². The van der Waals surface area contributed by atoms with E-state index in [0.717, 1.165) is 38.6 Å². The number of nitrogens with one attached hydrogen (secondary N) is 1. The first-order valence-electron chi connectivity index (χ1n) is 15.0. The van der Waals surface area contributed by atoms with Crippen LogP contribution in [-0.2, 0) is 11.2 Å². The van der Waals surface area contributed by atoms with Crippen LogP contribution in [0.3, 0.4) is 0 Å². The molecule has 2 aromatic carbocycles. The fourth-order valence-corrected chi connectivity index (χ4v) is 6.91. The van der Waals surface area contributed by atoms with Gasteiger partial charge in [0.25, 0.3) is 0 Å². The van der Waals surface area contributed by atoms with Gasteiger partial charge in [0.2, 0.25) is 0 Å². The minimum atomic E-state index is -0.512. The van der Waals surface area contributed by atoms with Crippen LogP contribution in [-0.4, -0.2) is 72.4 Å². The summed E-state index contributed by atoms with van der Waals surface area (Å²) in [6.45, 7) is 2.85. The molecule has 0 aliphatic heterocycles. The smallest absolute Gasteiger partial charge is 0.357 e. The topological polar surface area (TPSA) is 106 Å². The zero-order valence-corrected chi connectivity index (χ0v) is 28.4. The molecule has 3 aromatic heterocycles. The number of anilines is 4. The van der Waals surface area contributed by atoms with Gasteiger partial charge in [-0.25, -0.2) is 19.2 Å². The number of para-hydroxylation sites is 1. The summed E-state index contributed by atoms with van der Waals surface area (Å²) in [4.78, 5) is 26.6. The molecule has 1 fully saturated rings. The van der Waals surface area contributed by atoms with Crippen LogP contribution < -0.4 is 15.0 Å². The minimum Gasteiger partial charge on any atom is -0.490 e. The summed E-state index contributed by atoms with van der Waals surface area (Å²) < 4.78 is 27.0. The lowest BCUT2D eigenvalue weighted by atomic mass is 10.0. The number of nitrogens with zero attached hydrogens (tertiary/aromatic N) is 6. The van der Waals surface area contributed by atoms with Gasteiger partial charge in [-0.05, 0) is 82.2 Å². The minimum absolute atomic E-state index is 0.183. The molecule has 242 valence electrons. The standard InChI is InChI=1S/C34H34FN7O3S2/c1-21-17-28(39-40-30(21)38-32-36-24-10-6-7-11-26(24)46-32)42(4)33-37-29(31(43)44-5)27(47-33)19-34(14-15-34)20-45-25-13-12-22(18-23(25)35)9-8-16-41(2)3/h6-7,10-13,17-18H,14-16,19-20H2,1-5H3,(H,36,38,40).